The first-order valence-electron chi connectivity index (χ1n) is 9.47. The molecule has 1 aromatic carbocycles. The lowest BCUT2D eigenvalue weighted by atomic mass is 9.79. The quantitative estimate of drug-likeness (QED) is 0.764. The number of hydrogen-bond donors (Lipinski definition) is 2. The molecule has 0 unspecified atom stereocenters. The number of halogens is 1. The third-order valence-corrected chi connectivity index (χ3v) is 5.27. The SMILES string of the molecule is COCC1(CNC(=O)c2nn(C(C)C)c(=O)c3ccccc23)CCNCC1.Cl. The highest BCUT2D eigenvalue weighted by atomic mass is 35.5. The Labute approximate surface area is 171 Å². The monoisotopic (exact) mass is 408 g/mol. The fraction of sp³-hybridized carbons (Fsp3) is 0.550. The van der Waals surface area contributed by atoms with Gasteiger partial charge in [-0.15, -0.1) is 12.4 Å². The Morgan fingerprint density at radius 1 is 1.29 bits per heavy atom. The molecule has 1 aliphatic heterocycles. The summed E-state index contributed by atoms with van der Waals surface area (Å²) in [5.74, 6) is -0.255. The lowest BCUT2D eigenvalue weighted by Crippen LogP contribution is -2.47. The molecule has 0 bridgehead atoms. The van der Waals surface area contributed by atoms with Gasteiger partial charge in [0.05, 0.1) is 18.0 Å². The van der Waals surface area contributed by atoms with Gasteiger partial charge >= 0.3 is 0 Å². The van der Waals surface area contributed by atoms with Crippen molar-refractivity contribution >= 4 is 29.1 Å². The van der Waals surface area contributed by atoms with Crippen LogP contribution in [0.2, 0.25) is 0 Å². The summed E-state index contributed by atoms with van der Waals surface area (Å²) in [7, 11) is 1.69. The van der Waals surface area contributed by atoms with Gasteiger partial charge < -0.3 is 15.4 Å². The third kappa shape index (κ3) is 4.54. The zero-order chi connectivity index (χ0) is 19.4. The Hall–Kier alpha value is -1.96. The topological polar surface area (TPSA) is 85.2 Å². The van der Waals surface area contributed by atoms with Crippen molar-refractivity contribution in [1.82, 2.24) is 20.4 Å². The van der Waals surface area contributed by atoms with Gasteiger partial charge in [-0.3, -0.25) is 9.59 Å². The largest absolute Gasteiger partial charge is 0.384 e. The molecular formula is C20H29ClN4O3. The summed E-state index contributed by atoms with van der Waals surface area (Å²) in [6.45, 7) is 6.73. The summed E-state index contributed by atoms with van der Waals surface area (Å²) in [5.41, 5.74) is 0.0459. The molecule has 1 aromatic heterocycles. The van der Waals surface area contributed by atoms with E-state index in [2.05, 4.69) is 15.7 Å². The smallest absolute Gasteiger partial charge is 0.274 e. The minimum atomic E-state index is -0.255. The van der Waals surface area contributed by atoms with Crippen molar-refractivity contribution in [3.8, 4) is 0 Å². The highest BCUT2D eigenvalue weighted by Gasteiger charge is 2.33. The van der Waals surface area contributed by atoms with Crippen molar-refractivity contribution in [2.75, 3.05) is 33.4 Å². The number of rotatable bonds is 6. The van der Waals surface area contributed by atoms with E-state index >= 15 is 0 Å². The first kappa shape index (κ1) is 22.3. The van der Waals surface area contributed by atoms with Gasteiger partial charge in [0.1, 0.15) is 0 Å². The lowest BCUT2D eigenvalue weighted by molar-refractivity contribution is 0.0510. The molecule has 8 heteroatoms. The van der Waals surface area contributed by atoms with E-state index < -0.39 is 0 Å². The third-order valence-electron chi connectivity index (χ3n) is 5.27. The van der Waals surface area contributed by atoms with Crippen LogP contribution in [0.15, 0.2) is 29.1 Å². The van der Waals surface area contributed by atoms with Crippen LogP contribution in [-0.4, -0.2) is 49.0 Å². The molecule has 154 valence electrons. The summed E-state index contributed by atoms with van der Waals surface area (Å²) < 4.78 is 6.80. The number of nitrogens with one attached hydrogen (secondary N) is 2. The molecule has 1 saturated heterocycles. The average molecular weight is 409 g/mol. The van der Waals surface area contributed by atoms with Crippen LogP contribution < -0.4 is 16.2 Å². The van der Waals surface area contributed by atoms with Crippen LogP contribution in [0.1, 0.15) is 43.2 Å². The highest BCUT2D eigenvalue weighted by molar-refractivity contribution is 6.04. The standard InChI is InChI=1S/C20H28N4O3.ClH/c1-14(2)24-19(26)16-7-5-4-6-15(16)17(23-24)18(25)22-12-20(13-27-3)8-10-21-11-9-20;/h4-7,14,21H,8-13H2,1-3H3,(H,22,25);1H. The first-order valence-corrected chi connectivity index (χ1v) is 9.47. The van der Waals surface area contributed by atoms with Crippen LogP contribution in [0.5, 0.6) is 0 Å². The van der Waals surface area contributed by atoms with Gasteiger partial charge in [-0.2, -0.15) is 5.10 Å². The van der Waals surface area contributed by atoms with Crippen molar-refractivity contribution in [3.63, 3.8) is 0 Å². The molecule has 0 radical (unpaired) electrons. The Bertz CT molecular complexity index is 870. The number of aromatic nitrogens is 2. The molecule has 0 atom stereocenters. The summed E-state index contributed by atoms with van der Waals surface area (Å²) in [6, 6.07) is 7.02. The minimum absolute atomic E-state index is 0. The maximum absolute atomic E-state index is 13.0. The van der Waals surface area contributed by atoms with E-state index in [1.165, 1.54) is 4.68 Å². The van der Waals surface area contributed by atoms with Gasteiger partial charge in [-0.25, -0.2) is 4.68 Å². The van der Waals surface area contributed by atoms with Crippen LogP contribution >= 0.6 is 12.4 Å². The highest BCUT2D eigenvalue weighted by Crippen LogP contribution is 2.28. The summed E-state index contributed by atoms with van der Waals surface area (Å²) >= 11 is 0. The van der Waals surface area contributed by atoms with Crippen molar-refractivity contribution in [1.29, 1.82) is 0 Å². The molecule has 2 heterocycles. The molecule has 3 rings (SSSR count). The molecule has 1 amide bonds. The normalized spacial score (nSPS) is 16.0. The van der Waals surface area contributed by atoms with E-state index in [1.54, 1.807) is 25.3 Å². The van der Waals surface area contributed by atoms with Gasteiger partial charge in [-0.05, 0) is 45.8 Å². The van der Waals surface area contributed by atoms with Gasteiger partial charge in [0.15, 0.2) is 5.69 Å². The number of fused-ring (bicyclic) bond motifs is 1. The predicted molar refractivity (Wildman–Crippen MR) is 112 cm³/mol. The van der Waals surface area contributed by atoms with Crippen LogP contribution in [0, 0.1) is 5.41 Å². The Kier molecular flexibility index (Phi) is 7.57. The van der Waals surface area contributed by atoms with Gasteiger partial charge in [0.2, 0.25) is 0 Å². The second-order valence-corrected chi connectivity index (χ2v) is 7.60. The van der Waals surface area contributed by atoms with Crippen molar-refractivity contribution in [2.45, 2.75) is 32.7 Å². The number of benzene rings is 1. The molecule has 0 saturated carbocycles. The lowest BCUT2D eigenvalue weighted by Gasteiger charge is -2.37. The molecule has 7 nitrogen and oxygen atoms in total. The van der Waals surface area contributed by atoms with Crippen molar-refractivity contribution in [2.24, 2.45) is 5.41 Å². The van der Waals surface area contributed by atoms with Gasteiger partial charge in [0.25, 0.3) is 11.5 Å². The van der Waals surface area contributed by atoms with Crippen LogP contribution in [-0.2, 0) is 4.74 Å². The number of piperidine rings is 1. The Morgan fingerprint density at radius 2 is 1.93 bits per heavy atom. The van der Waals surface area contributed by atoms with Crippen molar-refractivity contribution in [3.05, 3.63) is 40.3 Å². The van der Waals surface area contributed by atoms with E-state index in [-0.39, 0.29) is 35.3 Å². The molecule has 1 fully saturated rings. The number of hydrogen-bond acceptors (Lipinski definition) is 5. The fourth-order valence-corrected chi connectivity index (χ4v) is 3.71. The molecule has 0 spiro atoms. The van der Waals surface area contributed by atoms with E-state index in [0.29, 0.717) is 29.6 Å². The summed E-state index contributed by atoms with van der Waals surface area (Å²) in [6.07, 6.45) is 1.89. The summed E-state index contributed by atoms with van der Waals surface area (Å²) in [5, 5.41) is 11.9. The Morgan fingerprint density at radius 3 is 2.54 bits per heavy atom. The number of nitrogens with zero attached hydrogens (tertiary/aromatic N) is 2. The van der Waals surface area contributed by atoms with Crippen LogP contribution in [0.3, 0.4) is 0 Å². The molecule has 28 heavy (non-hydrogen) atoms. The molecule has 2 aromatic rings. The molecule has 1 aliphatic rings. The molecule has 0 aliphatic carbocycles. The number of methoxy groups -OCH3 is 1. The second kappa shape index (κ2) is 9.49. The van der Waals surface area contributed by atoms with Gasteiger partial charge in [0, 0.05) is 24.5 Å². The number of carbonyl (C=O) groups is 1. The van der Waals surface area contributed by atoms with E-state index in [1.807, 2.05) is 19.9 Å². The van der Waals surface area contributed by atoms with Gasteiger partial charge in [-0.1, -0.05) is 18.2 Å². The maximum atomic E-state index is 13.0. The minimum Gasteiger partial charge on any atom is -0.384 e. The average Bonchev–Trinajstić information content (AvgIpc) is 2.67. The zero-order valence-electron chi connectivity index (χ0n) is 16.7. The molecular weight excluding hydrogens is 380 g/mol. The van der Waals surface area contributed by atoms with E-state index in [4.69, 9.17) is 4.74 Å². The molecule has 2 N–H and O–H groups in total. The van der Waals surface area contributed by atoms with Crippen LogP contribution in [0.4, 0.5) is 0 Å². The predicted octanol–water partition coefficient (Wildman–Crippen LogP) is 2.15. The number of amides is 1. The Balaban J connectivity index is 0.00000280. The van der Waals surface area contributed by atoms with Crippen molar-refractivity contribution < 1.29 is 9.53 Å². The summed E-state index contributed by atoms with van der Waals surface area (Å²) in [4.78, 5) is 25.6. The van der Waals surface area contributed by atoms with E-state index in [0.717, 1.165) is 25.9 Å². The fourth-order valence-electron chi connectivity index (χ4n) is 3.71. The maximum Gasteiger partial charge on any atom is 0.274 e. The van der Waals surface area contributed by atoms with Crippen LogP contribution in [0.25, 0.3) is 10.8 Å². The number of carbonyl (C=O) groups excluding carboxylic acids is 1. The second-order valence-electron chi connectivity index (χ2n) is 7.60. The van der Waals surface area contributed by atoms with E-state index in [9.17, 15) is 9.59 Å². The number of ether oxygens (including phenoxy) is 1. The first-order chi connectivity index (χ1) is 13.0. The zero-order valence-corrected chi connectivity index (χ0v) is 17.5.